The molecule has 0 unspecified atom stereocenters. The summed E-state index contributed by atoms with van der Waals surface area (Å²) in [6.07, 6.45) is 3.77. The summed E-state index contributed by atoms with van der Waals surface area (Å²) in [7, 11) is 0. The van der Waals surface area contributed by atoms with E-state index in [0.29, 0.717) is 0 Å². The second kappa shape index (κ2) is 6.74. The van der Waals surface area contributed by atoms with Crippen LogP contribution in [0.5, 0.6) is 0 Å². The molecule has 0 aromatic heterocycles. The van der Waals surface area contributed by atoms with E-state index in [1.54, 1.807) is 12.1 Å². The number of hydrogen-bond acceptors (Lipinski definition) is 2. The van der Waals surface area contributed by atoms with Gasteiger partial charge in [0.25, 0.3) is 0 Å². The molecule has 1 aromatic carbocycles. The number of piperidine rings is 1. The molecule has 2 rings (SSSR count). The van der Waals surface area contributed by atoms with Crippen LogP contribution in [0.15, 0.2) is 24.3 Å². The molecular weight excluding hydrogens is 227 g/mol. The molecule has 1 saturated heterocycles. The fourth-order valence-electron chi connectivity index (χ4n) is 2.65. The highest BCUT2D eigenvalue weighted by molar-refractivity contribution is 5.46. The van der Waals surface area contributed by atoms with Crippen LogP contribution < -0.4 is 10.2 Å². The number of nitrogens with one attached hydrogen (secondary N) is 1. The third-order valence-corrected chi connectivity index (χ3v) is 3.82. The van der Waals surface area contributed by atoms with Crippen LogP contribution in [0.3, 0.4) is 0 Å². The summed E-state index contributed by atoms with van der Waals surface area (Å²) in [6, 6.07) is 6.92. The molecule has 2 nitrogen and oxygen atoms in total. The predicted molar refractivity (Wildman–Crippen MR) is 74.5 cm³/mol. The Morgan fingerprint density at radius 1 is 1.33 bits per heavy atom. The van der Waals surface area contributed by atoms with Crippen molar-refractivity contribution in [2.75, 3.05) is 31.1 Å². The number of nitrogens with zero attached hydrogens (tertiary/aromatic N) is 1. The second-order valence-corrected chi connectivity index (χ2v) is 5.04. The van der Waals surface area contributed by atoms with Gasteiger partial charge in [0.1, 0.15) is 5.82 Å². The van der Waals surface area contributed by atoms with Crippen LogP contribution in [0.4, 0.5) is 10.1 Å². The molecule has 0 spiro atoms. The van der Waals surface area contributed by atoms with Crippen molar-refractivity contribution in [1.82, 2.24) is 5.32 Å². The Hall–Kier alpha value is -1.09. The molecule has 0 radical (unpaired) electrons. The van der Waals surface area contributed by atoms with Crippen molar-refractivity contribution in [3.63, 3.8) is 0 Å². The molecule has 1 aliphatic heterocycles. The van der Waals surface area contributed by atoms with Crippen LogP contribution in [0.1, 0.15) is 26.2 Å². The Kier molecular flexibility index (Phi) is 5.00. The molecule has 0 aliphatic carbocycles. The van der Waals surface area contributed by atoms with Crippen molar-refractivity contribution in [2.24, 2.45) is 5.92 Å². The minimum atomic E-state index is -0.146. The quantitative estimate of drug-likeness (QED) is 0.864. The van der Waals surface area contributed by atoms with Crippen molar-refractivity contribution >= 4 is 5.69 Å². The maximum absolute atomic E-state index is 13.2. The molecular formula is C15H23FN2. The fraction of sp³-hybridized carbons (Fsp3) is 0.600. The van der Waals surface area contributed by atoms with Gasteiger partial charge < -0.3 is 10.2 Å². The predicted octanol–water partition coefficient (Wildman–Crippen LogP) is 3.04. The first-order chi connectivity index (χ1) is 8.79. The number of hydrogen-bond donors (Lipinski definition) is 1. The van der Waals surface area contributed by atoms with Gasteiger partial charge >= 0.3 is 0 Å². The number of anilines is 1. The SMILES string of the molecule is CCN(CCC1CCNCC1)c1cccc(F)c1. The maximum Gasteiger partial charge on any atom is 0.125 e. The van der Waals surface area contributed by atoms with E-state index in [9.17, 15) is 4.39 Å². The van der Waals surface area contributed by atoms with Crippen molar-refractivity contribution in [3.8, 4) is 0 Å². The lowest BCUT2D eigenvalue weighted by Gasteiger charge is -2.28. The zero-order valence-electron chi connectivity index (χ0n) is 11.2. The van der Waals surface area contributed by atoms with Crippen LogP contribution in [-0.4, -0.2) is 26.2 Å². The summed E-state index contributed by atoms with van der Waals surface area (Å²) in [5.41, 5.74) is 1.01. The van der Waals surface area contributed by atoms with Gasteiger partial charge in [-0.15, -0.1) is 0 Å². The molecule has 0 amide bonds. The lowest BCUT2D eigenvalue weighted by atomic mass is 9.94. The highest BCUT2D eigenvalue weighted by Crippen LogP contribution is 2.20. The first-order valence-corrected chi connectivity index (χ1v) is 7.01. The number of rotatable bonds is 5. The Morgan fingerprint density at radius 2 is 2.11 bits per heavy atom. The van der Waals surface area contributed by atoms with Gasteiger partial charge in [0.15, 0.2) is 0 Å². The second-order valence-electron chi connectivity index (χ2n) is 5.04. The van der Waals surface area contributed by atoms with Gasteiger partial charge in [-0.1, -0.05) is 6.07 Å². The van der Waals surface area contributed by atoms with E-state index in [1.165, 1.54) is 25.3 Å². The van der Waals surface area contributed by atoms with E-state index in [1.807, 2.05) is 6.07 Å². The monoisotopic (exact) mass is 250 g/mol. The van der Waals surface area contributed by atoms with Gasteiger partial charge in [-0.25, -0.2) is 4.39 Å². The molecule has 18 heavy (non-hydrogen) atoms. The van der Waals surface area contributed by atoms with Crippen molar-refractivity contribution in [3.05, 3.63) is 30.1 Å². The largest absolute Gasteiger partial charge is 0.372 e. The maximum atomic E-state index is 13.2. The van der Waals surface area contributed by atoms with Gasteiger partial charge in [-0.3, -0.25) is 0 Å². The van der Waals surface area contributed by atoms with Crippen LogP contribution in [-0.2, 0) is 0 Å². The topological polar surface area (TPSA) is 15.3 Å². The molecule has 0 atom stereocenters. The molecule has 1 aliphatic rings. The summed E-state index contributed by atoms with van der Waals surface area (Å²) in [5, 5.41) is 3.39. The van der Waals surface area contributed by atoms with E-state index in [2.05, 4.69) is 17.1 Å². The molecule has 1 N–H and O–H groups in total. The average molecular weight is 250 g/mol. The Labute approximate surface area is 109 Å². The Balaban J connectivity index is 1.88. The van der Waals surface area contributed by atoms with Gasteiger partial charge in [0.05, 0.1) is 0 Å². The zero-order valence-corrected chi connectivity index (χ0v) is 11.2. The molecule has 1 fully saturated rings. The van der Waals surface area contributed by atoms with E-state index < -0.39 is 0 Å². The lowest BCUT2D eigenvalue weighted by molar-refractivity contribution is 0.355. The normalized spacial score (nSPS) is 16.8. The van der Waals surface area contributed by atoms with E-state index in [4.69, 9.17) is 0 Å². The van der Waals surface area contributed by atoms with Crippen LogP contribution in [0.2, 0.25) is 0 Å². The van der Waals surface area contributed by atoms with E-state index in [0.717, 1.165) is 37.8 Å². The third-order valence-electron chi connectivity index (χ3n) is 3.82. The Morgan fingerprint density at radius 3 is 2.78 bits per heavy atom. The highest BCUT2D eigenvalue weighted by Gasteiger charge is 2.14. The summed E-state index contributed by atoms with van der Waals surface area (Å²) in [5.74, 6) is 0.682. The van der Waals surface area contributed by atoms with Crippen LogP contribution >= 0.6 is 0 Å². The highest BCUT2D eigenvalue weighted by atomic mass is 19.1. The summed E-state index contributed by atoms with van der Waals surface area (Å²) in [6.45, 7) is 6.40. The van der Waals surface area contributed by atoms with Gasteiger partial charge in [-0.05, 0) is 63.4 Å². The first-order valence-electron chi connectivity index (χ1n) is 7.01. The zero-order chi connectivity index (χ0) is 12.8. The van der Waals surface area contributed by atoms with Crippen molar-refractivity contribution < 1.29 is 4.39 Å². The van der Waals surface area contributed by atoms with Crippen molar-refractivity contribution in [1.29, 1.82) is 0 Å². The minimum Gasteiger partial charge on any atom is -0.372 e. The standard InChI is InChI=1S/C15H23FN2/c1-2-18(15-5-3-4-14(16)12-15)11-8-13-6-9-17-10-7-13/h3-5,12-13,17H,2,6-11H2,1H3. The van der Waals surface area contributed by atoms with E-state index >= 15 is 0 Å². The molecule has 1 aromatic rings. The summed E-state index contributed by atoms with van der Waals surface area (Å²) >= 11 is 0. The lowest BCUT2D eigenvalue weighted by Crippen LogP contribution is -2.31. The molecule has 0 bridgehead atoms. The van der Waals surface area contributed by atoms with E-state index in [-0.39, 0.29) is 5.82 Å². The van der Waals surface area contributed by atoms with Gasteiger partial charge in [0, 0.05) is 18.8 Å². The van der Waals surface area contributed by atoms with Gasteiger partial charge in [-0.2, -0.15) is 0 Å². The minimum absolute atomic E-state index is 0.146. The third kappa shape index (κ3) is 3.70. The number of benzene rings is 1. The van der Waals surface area contributed by atoms with Gasteiger partial charge in [0.2, 0.25) is 0 Å². The number of halogens is 1. The molecule has 0 saturated carbocycles. The molecule has 3 heteroatoms. The van der Waals surface area contributed by atoms with Crippen LogP contribution in [0.25, 0.3) is 0 Å². The summed E-state index contributed by atoms with van der Waals surface area (Å²) in [4.78, 5) is 2.27. The summed E-state index contributed by atoms with van der Waals surface area (Å²) < 4.78 is 13.2. The fourth-order valence-corrected chi connectivity index (χ4v) is 2.65. The van der Waals surface area contributed by atoms with Crippen molar-refractivity contribution in [2.45, 2.75) is 26.2 Å². The molecule has 100 valence electrons. The average Bonchev–Trinajstić information content (AvgIpc) is 2.41. The van der Waals surface area contributed by atoms with Crippen LogP contribution in [0, 0.1) is 11.7 Å². The first kappa shape index (κ1) is 13.3. The smallest absolute Gasteiger partial charge is 0.125 e. The molecule has 1 heterocycles. The Bertz CT molecular complexity index is 361.